The van der Waals surface area contributed by atoms with E-state index in [1.807, 2.05) is 0 Å². The third kappa shape index (κ3) is 4.57. The van der Waals surface area contributed by atoms with Gasteiger partial charge in [-0.1, -0.05) is 25.3 Å². The quantitative estimate of drug-likeness (QED) is 0.780. The van der Waals surface area contributed by atoms with E-state index in [9.17, 15) is 0 Å². The molecular formula is C10H19N3OS. The molecule has 1 aromatic rings. The van der Waals surface area contributed by atoms with Gasteiger partial charge in [-0.25, -0.2) is 0 Å². The first kappa shape index (κ1) is 12.4. The molecule has 0 bridgehead atoms. The average molecular weight is 229 g/mol. The van der Waals surface area contributed by atoms with Gasteiger partial charge in [0, 0.05) is 24.7 Å². The van der Waals surface area contributed by atoms with Crippen LogP contribution in [-0.4, -0.2) is 22.7 Å². The van der Waals surface area contributed by atoms with Gasteiger partial charge >= 0.3 is 0 Å². The number of aromatic nitrogens is 2. The lowest BCUT2D eigenvalue weighted by atomic mass is 10.2. The zero-order chi connectivity index (χ0) is 11.1. The van der Waals surface area contributed by atoms with Crippen LogP contribution in [0.2, 0.25) is 0 Å². The van der Waals surface area contributed by atoms with Crippen molar-refractivity contribution in [3.8, 4) is 0 Å². The van der Waals surface area contributed by atoms with Crippen molar-refractivity contribution >= 4 is 16.5 Å². The molecule has 0 fully saturated rings. The Balaban J connectivity index is 2.35. The summed E-state index contributed by atoms with van der Waals surface area (Å²) in [5, 5.41) is 8.38. The maximum Gasteiger partial charge on any atom is 0.135 e. The fraction of sp³-hybridized carbons (Fsp3) is 0.800. The van der Waals surface area contributed by atoms with Crippen molar-refractivity contribution in [3.05, 3.63) is 5.69 Å². The molecule has 86 valence electrons. The fourth-order valence-corrected chi connectivity index (χ4v) is 1.66. The molecule has 15 heavy (non-hydrogen) atoms. The van der Waals surface area contributed by atoms with Crippen molar-refractivity contribution in [1.29, 1.82) is 0 Å². The molecule has 0 aliphatic rings. The highest BCUT2D eigenvalue weighted by molar-refractivity contribution is 7.10. The Bertz CT molecular complexity index is 275. The first-order valence-corrected chi connectivity index (χ1v) is 6.14. The van der Waals surface area contributed by atoms with Gasteiger partial charge in [-0.15, -0.1) is 5.10 Å². The van der Waals surface area contributed by atoms with Crippen LogP contribution in [0, 0.1) is 5.92 Å². The largest absolute Gasteiger partial charge is 0.375 e. The Hall–Kier alpha value is -0.680. The second-order valence-corrected chi connectivity index (χ2v) is 4.64. The Morgan fingerprint density at radius 2 is 2.27 bits per heavy atom. The van der Waals surface area contributed by atoms with Crippen LogP contribution < -0.4 is 5.32 Å². The molecule has 0 saturated heterocycles. The van der Waals surface area contributed by atoms with Crippen molar-refractivity contribution in [1.82, 2.24) is 9.59 Å². The van der Waals surface area contributed by atoms with E-state index < -0.39 is 0 Å². The second-order valence-electron chi connectivity index (χ2n) is 3.88. The standard InChI is InChI=1S/C10H19N3OS/c1-4-5-11-10-9(12-13-15-10)7-14-6-8(2)3/h8,11H,4-7H2,1-3H3. The van der Waals surface area contributed by atoms with E-state index in [-0.39, 0.29) is 0 Å². The van der Waals surface area contributed by atoms with E-state index in [4.69, 9.17) is 4.74 Å². The average Bonchev–Trinajstić information content (AvgIpc) is 2.62. The Morgan fingerprint density at radius 1 is 1.47 bits per heavy atom. The van der Waals surface area contributed by atoms with Crippen molar-refractivity contribution in [3.63, 3.8) is 0 Å². The first-order chi connectivity index (χ1) is 7.24. The van der Waals surface area contributed by atoms with E-state index in [2.05, 4.69) is 35.7 Å². The number of hydrogen-bond donors (Lipinski definition) is 1. The predicted octanol–water partition coefficient (Wildman–Crippen LogP) is 2.53. The van der Waals surface area contributed by atoms with Gasteiger partial charge in [0.2, 0.25) is 0 Å². The molecule has 0 aliphatic heterocycles. The molecule has 0 radical (unpaired) electrons. The van der Waals surface area contributed by atoms with E-state index in [0.717, 1.165) is 30.3 Å². The van der Waals surface area contributed by atoms with Gasteiger partial charge in [0.25, 0.3) is 0 Å². The highest BCUT2D eigenvalue weighted by Crippen LogP contribution is 2.18. The predicted molar refractivity (Wildman–Crippen MR) is 63.2 cm³/mol. The molecule has 1 aromatic heterocycles. The van der Waals surface area contributed by atoms with Gasteiger partial charge in [-0.3, -0.25) is 0 Å². The van der Waals surface area contributed by atoms with Gasteiger partial charge in [-0.05, 0) is 12.3 Å². The summed E-state index contributed by atoms with van der Waals surface area (Å²) in [5.74, 6) is 0.559. The molecule has 1 heterocycles. The molecular weight excluding hydrogens is 210 g/mol. The van der Waals surface area contributed by atoms with E-state index >= 15 is 0 Å². The monoisotopic (exact) mass is 229 g/mol. The van der Waals surface area contributed by atoms with Crippen LogP contribution in [0.4, 0.5) is 5.00 Å². The number of nitrogens with one attached hydrogen (secondary N) is 1. The minimum Gasteiger partial charge on any atom is -0.375 e. The van der Waals surface area contributed by atoms with Crippen LogP contribution in [0.15, 0.2) is 0 Å². The number of nitrogens with zero attached hydrogens (tertiary/aromatic N) is 2. The molecule has 1 N–H and O–H groups in total. The Morgan fingerprint density at radius 3 is 2.93 bits per heavy atom. The van der Waals surface area contributed by atoms with Crippen molar-refractivity contribution in [2.45, 2.75) is 33.8 Å². The number of rotatable bonds is 7. The van der Waals surface area contributed by atoms with Crippen LogP contribution in [0.1, 0.15) is 32.9 Å². The highest BCUT2D eigenvalue weighted by Gasteiger charge is 2.07. The smallest absolute Gasteiger partial charge is 0.135 e. The minimum absolute atomic E-state index is 0.556. The third-order valence-electron chi connectivity index (χ3n) is 1.78. The highest BCUT2D eigenvalue weighted by atomic mass is 32.1. The molecule has 0 atom stereocenters. The number of anilines is 1. The number of hydrogen-bond acceptors (Lipinski definition) is 5. The molecule has 5 heteroatoms. The summed E-state index contributed by atoms with van der Waals surface area (Å²) >= 11 is 1.40. The summed E-state index contributed by atoms with van der Waals surface area (Å²) in [7, 11) is 0. The zero-order valence-corrected chi connectivity index (χ0v) is 10.4. The van der Waals surface area contributed by atoms with Gasteiger partial charge in [0.05, 0.1) is 6.61 Å². The molecule has 1 rings (SSSR count). The van der Waals surface area contributed by atoms with Gasteiger partial charge in [0.15, 0.2) is 0 Å². The van der Waals surface area contributed by atoms with Gasteiger partial charge in [0.1, 0.15) is 10.7 Å². The van der Waals surface area contributed by atoms with Gasteiger partial charge in [-0.2, -0.15) is 0 Å². The second kappa shape index (κ2) is 6.74. The molecule has 4 nitrogen and oxygen atoms in total. The summed E-state index contributed by atoms with van der Waals surface area (Å²) < 4.78 is 9.45. The lowest BCUT2D eigenvalue weighted by Gasteiger charge is -2.06. The fourth-order valence-electron chi connectivity index (χ4n) is 1.07. The molecule has 0 unspecified atom stereocenters. The zero-order valence-electron chi connectivity index (χ0n) is 9.62. The van der Waals surface area contributed by atoms with Crippen molar-refractivity contribution in [2.24, 2.45) is 5.92 Å². The lowest BCUT2D eigenvalue weighted by Crippen LogP contribution is -2.05. The van der Waals surface area contributed by atoms with Crippen LogP contribution in [0.25, 0.3) is 0 Å². The van der Waals surface area contributed by atoms with E-state index in [1.54, 1.807) is 0 Å². The molecule has 0 amide bonds. The molecule has 0 saturated carbocycles. The Kier molecular flexibility index (Phi) is 5.57. The maximum atomic E-state index is 5.52. The van der Waals surface area contributed by atoms with Crippen LogP contribution >= 0.6 is 11.5 Å². The Labute approximate surface area is 95.2 Å². The van der Waals surface area contributed by atoms with Crippen molar-refractivity contribution < 1.29 is 4.74 Å². The SMILES string of the molecule is CCCNc1snnc1COCC(C)C. The lowest BCUT2D eigenvalue weighted by molar-refractivity contribution is 0.0951. The summed E-state index contributed by atoms with van der Waals surface area (Å²) in [4.78, 5) is 0. The van der Waals surface area contributed by atoms with Crippen LogP contribution in [0.5, 0.6) is 0 Å². The minimum atomic E-state index is 0.556. The summed E-state index contributed by atoms with van der Waals surface area (Å²) in [6.45, 7) is 8.69. The first-order valence-electron chi connectivity index (χ1n) is 5.36. The van der Waals surface area contributed by atoms with E-state index in [1.165, 1.54) is 11.5 Å². The summed E-state index contributed by atoms with van der Waals surface area (Å²) in [5.41, 5.74) is 0.925. The van der Waals surface area contributed by atoms with Crippen LogP contribution in [0.3, 0.4) is 0 Å². The molecule has 0 aromatic carbocycles. The van der Waals surface area contributed by atoms with E-state index in [0.29, 0.717) is 12.5 Å². The topological polar surface area (TPSA) is 47.0 Å². The third-order valence-corrected chi connectivity index (χ3v) is 2.51. The number of ether oxygens (including phenoxy) is 1. The van der Waals surface area contributed by atoms with Gasteiger partial charge < -0.3 is 10.1 Å². The van der Waals surface area contributed by atoms with Crippen molar-refractivity contribution in [2.75, 3.05) is 18.5 Å². The maximum absolute atomic E-state index is 5.52. The summed E-state index contributed by atoms with van der Waals surface area (Å²) in [6.07, 6.45) is 1.10. The molecule has 0 aliphatic carbocycles. The van der Waals surface area contributed by atoms with Crippen LogP contribution in [-0.2, 0) is 11.3 Å². The molecule has 0 spiro atoms. The normalized spacial score (nSPS) is 10.9. The summed E-state index contributed by atoms with van der Waals surface area (Å²) in [6, 6.07) is 0.